The van der Waals surface area contributed by atoms with Crippen molar-refractivity contribution in [1.29, 1.82) is 0 Å². The number of benzene rings is 1. The van der Waals surface area contributed by atoms with Gasteiger partial charge in [0.2, 0.25) is 0 Å². The second-order valence-corrected chi connectivity index (χ2v) is 5.39. The molecule has 0 aliphatic heterocycles. The predicted molar refractivity (Wildman–Crippen MR) is 70.7 cm³/mol. The van der Waals surface area contributed by atoms with Crippen molar-refractivity contribution in [3.63, 3.8) is 0 Å². The summed E-state index contributed by atoms with van der Waals surface area (Å²) in [6.07, 6.45) is 0. The van der Waals surface area contributed by atoms with Gasteiger partial charge in [0.1, 0.15) is 11.8 Å². The molecular weight excluding hydrogens is 286 g/mol. The molecule has 1 amide bonds. The number of amides is 1. The van der Waals surface area contributed by atoms with Crippen molar-refractivity contribution in [1.82, 2.24) is 5.32 Å². The first-order valence-electron chi connectivity index (χ1n) is 5.81. The maximum Gasteiger partial charge on any atom is 0.329 e. The fourth-order valence-electron chi connectivity index (χ4n) is 1.45. The van der Waals surface area contributed by atoms with E-state index in [1.807, 2.05) is 0 Å². The van der Waals surface area contributed by atoms with E-state index in [1.54, 1.807) is 25.1 Å². The van der Waals surface area contributed by atoms with Gasteiger partial charge < -0.3 is 10.1 Å². The van der Waals surface area contributed by atoms with E-state index in [-0.39, 0.29) is 12.2 Å². The van der Waals surface area contributed by atoms with E-state index in [2.05, 4.69) is 10.1 Å². The van der Waals surface area contributed by atoms with Crippen LogP contribution in [0.5, 0.6) is 0 Å². The molecule has 0 saturated carbocycles. The lowest BCUT2D eigenvalue weighted by atomic mass is 10.2. The molecule has 0 saturated heterocycles. The van der Waals surface area contributed by atoms with Gasteiger partial charge in [-0.15, -0.1) is 0 Å². The van der Waals surface area contributed by atoms with E-state index in [9.17, 15) is 18.0 Å². The molecule has 1 rings (SSSR count). The summed E-state index contributed by atoms with van der Waals surface area (Å²) in [5.74, 6) is -2.49. The zero-order valence-electron chi connectivity index (χ0n) is 10.8. The number of nitrogens with one attached hydrogen (secondary N) is 1. The highest BCUT2D eigenvalue weighted by atomic mass is 32.2. The second-order valence-electron chi connectivity index (χ2n) is 3.89. The quantitative estimate of drug-likeness (QED) is 0.575. The molecule has 1 aromatic rings. The van der Waals surface area contributed by atoms with Crippen molar-refractivity contribution >= 4 is 22.0 Å². The molecule has 8 heteroatoms. The van der Waals surface area contributed by atoms with Gasteiger partial charge in [-0.05, 0) is 19.1 Å². The molecule has 0 aliphatic rings. The first-order valence-corrected chi connectivity index (χ1v) is 7.42. The molecule has 0 heterocycles. The van der Waals surface area contributed by atoms with Crippen LogP contribution in [-0.4, -0.2) is 43.2 Å². The van der Waals surface area contributed by atoms with Crippen LogP contribution in [0.2, 0.25) is 0 Å². The van der Waals surface area contributed by atoms with Crippen LogP contribution in [0, 0.1) is 0 Å². The summed E-state index contributed by atoms with van der Waals surface area (Å²) >= 11 is 0. The highest BCUT2D eigenvalue weighted by molar-refractivity contribution is 7.85. The molecule has 0 spiro atoms. The van der Waals surface area contributed by atoms with E-state index in [1.165, 1.54) is 12.1 Å². The van der Waals surface area contributed by atoms with Gasteiger partial charge in [0, 0.05) is 5.56 Å². The molecule has 2 N–H and O–H groups in total. The van der Waals surface area contributed by atoms with Crippen molar-refractivity contribution < 1.29 is 27.3 Å². The molecular formula is C12H15NO6S. The van der Waals surface area contributed by atoms with E-state index in [0.29, 0.717) is 0 Å². The molecule has 0 radical (unpaired) electrons. The average Bonchev–Trinajstić information content (AvgIpc) is 2.37. The summed E-state index contributed by atoms with van der Waals surface area (Å²) in [7, 11) is -4.43. The zero-order chi connectivity index (χ0) is 15.2. The van der Waals surface area contributed by atoms with Crippen molar-refractivity contribution in [2.45, 2.75) is 13.0 Å². The Balaban J connectivity index is 2.84. The third-order valence-electron chi connectivity index (χ3n) is 2.29. The number of ether oxygens (including phenoxy) is 1. The van der Waals surface area contributed by atoms with Crippen LogP contribution in [0.4, 0.5) is 0 Å². The largest absolute Gasteiger partial charge is 0.464 e. The van der Waals surface area contributed by atoms with E-state index in [4.69, 9.17) is 4.55 Å². The van der Waals surface area contributed by atoms with Gasteiger partial charge in [0.05, 0.1) is 6.61 Å². The Hall–Kier alpha value is -1.93. The van der Waals surface area contributed by atoms with E-state index < -0.39 is 33.8 Å². The Morgan fingerprint density at radius 2 is 1.90 bits per heavy atom. The Labute approximate surface area is 116 Å². The highest BCUT2D eigenvalue weighted by Gasteiger charge is 2.27. The van der Waals surface area contributed by atoms with Crippen LogP contribution in [-0.2, 0) is 19.6 Å². The summed E-state index contributed by atoms with van der Waals surface area (Å²) in [6, 6.07) is 6.50. The number of hydrogen-bond acceptors (Lipinski definition) is 5. The van der Waals surface area contributed by atoms with Gasteiger partial charge in [-0.3, -0.25) is 9.35 Å². The Bertz CT molecular complexity index is 569. The number of carbonyl (C=O) groups is 2. The Kier molecular flexibility index (Phi) is 5.66. The fraction of sp³-hybridized carbons (Fsp3) is 0.333. The summed E-state index contributed by atoms with van der Waals surface area (Å²) in [4.78, 5) is 23.4. The van der Waals surface area contributed by atoms with Gasteiger partial charge in [-0.25, -0.2) is 4.79 Å². The lowest BCUT2D eigenvalue weighted by molar-refractivity contribution is -0.144. The molecule has 0 fully saturated rings. The minimum atomic E-state index is -4.43. The smallest absolute Gasteiger partial charge is 0.329 e. The van der Waals surface area contributed by atoms with Crippen LogP contribution in [0.3, 0.4) is 0 Å². The predicted octanol–water partition coefficient (Wildman–Crippen LogP) is 0.236. The second kappa shape index (κ2) is 7.01. The van der Waals surface area contributed by atoms with Gasteiger partial charge in [-0.2, -0.15) is 8.42 Å². The number of hydrogen-bond donors (Lipinski definition) is 2. The number of esters is 1. The monoisotopic (exact) mass is 301 g/mol. The molecule has 7 nitrogen and oxygen atoms in total. The lowest BCUT2D eigenvalue weighted by Crippen LogP contribution is -2.46. The van der Waals surface area contributed by atoms with E-state index >= 15 is 0 Å². The van der Waals surface area contributed by atoms with Crippen LogP contribution >= 0.6 is 0 Å². The Morgan fingerprint density at radius 3 is 2.40 bits per heavy atom. The van der Waals surface area contributed by atoms with Crippen LogP contribution in [0.1, 0.15) is 17.3 Å². The number of carbonyl (C=O) groups excluding carboxylic acids is 2. The summed E-state index contributed by atoms with van der Waals surface area (Å²) in [5, 5.41) is 2.22. The van der Waals surface area contributed by atoms with Crippen LogP contribution in [0.15, 0.2) is 30.3 Å². The lowest BCUT2D eigenvalue weighted by Gasteiger charge is -2.15. The number of rotatable bonds is 6. The molecule has 1 atom stereocenters. The summed E-state index contributed by atoms with van der Waals surface area (Å²) < 4.78 is 35.2. The van der Waals surface area contributed by atoms with E-state index in [0.717, 1.165) is 0 Å². The molecule has 0 aromatic heterocycles. The maximum atomic E-state index is 11.9. The van der Waals surface area contributed by atoms with Crippen molar-refractivity contribution in [2.24, 2.45) is 0 Å². The topological polar surface area (TPSA) is 110 Å². The first kappa shape index (κ1) is 16.1. The van der Waals surface area contributed by atoms with Crippen molar-refractivity contribution in [3.8, 4) is 0 Å². The molecule has 0 aliphatic carbocycles. The van der Waals surface area contributed by atoms with Gasteiger partial charge in [0.15, 0.2) is 0 Å². The molecule has 110 valence electrons. The maximum absolute atomic E-state index is 11.9. The first-order chi connectivity index (χ1) is 9.33. The SMILES string of the molecule is CCOC(=O)[C@H](CS(=O)(=O)O)NC(=O)c1ccccc1. The standard InChI is InChI=1S/C12H15NO6S/c1-2-19-12(15)10(8-20(16,17)18)13-11(14)9-6-4-3-5-7-9/h3-7,10H,2,8H2,1H3,(H,13,14)(H,16,17,18)/t10-/m0/s1. The molecule has 20 heavy (non-hydrogen) atoms. The van der Waals surface area contributed by atoms with Gasteiger partial charge >= 0.3 is 5.97 Å². The minimum Gasteiger partial charge on any atom is -0.464 e. The normalized spacial score (nSPS) is 12.5. The molecule has 1 aromatic carbocycles. The Morgan fingerprint density at radius 1 is 1.30 bits per heavy atom. The molecule has 0 unspecified atom stereocenters. The minimum absolute atomic E-state index is 0.0298. The van der Waals surface area contributed by atoms with Crippen molar-refractivity contribution in [2.75, 3.05) is 12.4 Å². The summed E-state index contributed by atoms with van der Waals surface area (Å²) in [6.45, 7) is 1.57. The highest BCUT2D eigenvalue weighted by Crippen LogP contribution is 2.01. The van der Waals surface area contributed by atoms with Gasteiger partial charge in [-0.1, -0.05) is 18.2 Å². The van der Waals surface area contributed by atoms with Crippen LogP contribution < -0.4 is 5.32 Å². The zero-order valence-corrected chi connectivity index (χ0v) is 11.6. The third kappa shape index (κ3) is 5.37. The van der Waals surface area contributed by atoms with Crippen molar-refractivity contribution in [3.05, 3.63) is 35.9 Å². The third-order valence-corrected chi connectivity index (χ3v) is 3.04. The van der Waals surface area contributed by atoms with Gasteiger partial charge in [0.25, 0.3) is 16.0 Å². The van der Waals surface area contributed by atoms with Crippen LogP contribution in [0.25, 0.3) is 0 Å². The average molecular weight is 301 g/mol. The molecule has 0 bridgehead atoms. The summed E-state index contributed by atoms with van der Waals surface area (Å²) in [5.41, 5.74) is 0.261. The fourth-order valence-corrected chi connectivity index (χ4v) is 2.09.